The minimum atomic E-state index is -4.23. The average Bonchev–Trinajstić information content (AvgIpc) is 2.54. The number of benzene rings is 2. The van der Waals surface area contributed by atoms with Crippen LogP contribution >= 0.6 is 0 Å². The molecule has 4 heteroatoms. The van der Waals surface area contributed by atoms with Gasteiger partial charge in [-0.1, -0.05) is 75.1 Å². The molecule has 3 nitrogen and oxygen atoms in total. The fourth-order valence-corrected chi connectivity index (χ4v) is 3.54. The van der Waals surface area contributed by atoms with Crippen molar-refractivity contribution < 1.29 is 13.0 Å². The molecule has 0 aromatic heterocycles. The van der Waals surface area contributed by atoms with Gasteiger partial charge in [-0.25, -0.2) is 0 Å². The number of rotatable bonds is 8. The van der Waals surface area contributed by atoms with E-state index in [4.69, 9.17) is 0 Å². The van der Waals surface area contributed by atoms with Gasteiger partial charge in [-0.3, -0.25) is 4.55 Å². The quantitative estimate of drug-likeness (QED) is 0.539. The van der Waals surface area contributed by atoms with Crippen molar-refractivity contribution in [1.82, 2.24) is 0 Å². The summed E-state index contributed by atoms with van der Waals surface area (Å²) < 4.78 is 32.7. The van der Waals surface area contributed by atoms with E-state index in [0.29, 0.717) is 5.56 Å². The van der Waals surface area contributed by atoms with E-state index in [1.807, 2.05) is 24.3 Å². The van der Waals surface area contributed by atoms with Crippen LogP contribution in [0.4, 0.5) is 0 Å². The summed E-state index contributed by atoms with van der Waals surface area (Å²) in [6.45, 7) is 2.20. The average molecular weight is 332 g/mol. The first-order valence-corrected chi connectivity index (χ1v) is 9.63. The molecule has 0 aliphatic carbocycles. The molecule has 0 aliphatic heterocycles. The van der Waals surface area contributed by atoms with Crippen LogP contribution in [-0.4, -0.2) is 13.0 Å². The molecule has 0 heterocycles. The van der Waals surface area contributed by atoms with Gasteiger partial charge >= 0.3 is 0 Å². The Morgan fingerprint density at radius 1 is 0.826 bits per heavy atom. The smallest absolute Gasteiger partial charge is 0.282 e. The second-order valence-corrected chi connectivity index (χ2v) is 7.18. The van der Waals surface area contributed by atoms with Gasteiger partial charge in [0.2, 0.25) is 0 Å². The molecular weight excluding hydrogens is 308 g/mol. The minimum absolute atomic E-state index is 0.0292. The van der Waals surface area contributed by atoms with Crippen molar-refractivity contribution >= 4 is 10.1 Å². The van der Waals surface area contributed by atoms with Crippen LogP contribution in [0.15, 0.2) is 53.4 Å². The lowest BCUT2D eigenvalue weighted by atomic mass is 9.95. The molecule has 0 saturated carbocycles. The van der Waals surface area contributed by atoms with E-state index in [9.17, 15) is 13.0 Å². The van der Waals surface area contributed by atoms with Crippen LogP contribution in [0.3, 0.4) is 0 Å². The summed E-state index contributed by atoms with van der Waals surface area (Å²) in [5.74, 6) is 0. The third kappa shape index (κ3) is 4.91. The number of hydrogen-bond donors (Lipinski definition) is 1. The Balaban J connectivity index is 2.28. The van der Waals surface area contributed by atoms with E-state index in [1.165, 1.54) is 31.7 Å². The highest BCUT2D eigenvalue weighted by Crippen LogP contribution is 2.30. The van der Waals surface area contributed by atoms with Crippen molar-refractivity contribution in [2.45, 2.75) is 50.3 Å². The van der Waals surface area contributed by atoms with Gasteiger partial charge < -0.3 is 0 Å². The van der Waals surface area contributed by atoms with Gasteiger partial charge in [-0.05, 0) is 30.0 Å². The number of unbranched alkanes of at least 4 members (excludes halogenated alkanes) is 4. The minimum Gasteiger partial charge on any atom is -0.282 e. The highest BCUT2D eigenvalue weighted by atomic mass is 32.2. The van der Waals surface area contributed by atoms with Crippen molar-refractivity contribution in [3.05, 3.63) is 54.1 Å². The number of aryl methyl sites for hydroxylation is 1. The molecule has 23 heavy (non-hydrogen) atoms. The molecule has 0 radical (unpaired) electrons. The Morgan fingerprint density at radius 2 is 1.43 bits per heavy atom. The third-order valence-electron chi connectivity index (χ3n) is 4.02. The SMILES string of the molecule is CCCCCCCc1ccccc1-c1ccccc1S(=O)(=O)O. The monoisotopic (exact) mass is 332 g/mol. The topological polar surface area (TPSA) is 54.4 Å². The molecule has 0 spiro atoms. The molecule has 0 unspecified atom stereocenters. The van der Waals surface area contributed by atoms with Crippen LogP contribution in [0.2, 0.25) is 0 Å². The van der Waals surface area contributed by atoms with E-state index in [1.54, 1.807) is 18.2 Å². The van der Waals surface area contributed by atoms with Crippen molar-refractivity contribution in [1.29, 1.82) is 0 Å². The predicted molar refractivity (Wildman–Crippen MR) is 94.2 cm³/mol. The maximum atomic E-state index is 11.6. The predicted octanol–water partition coefficient (Wildman–Crippen LogP) is 5.11. The van der Waals surface area contributed by atoms with E-state index in [0.717, 1.165) is 24.0 Å². The maximum Gasteiger partial charge on any atom is 0.295 e. The molecule has 0 amide bonds. The molecule has 0 saturated heterocycles. The first-order chi connectivity index (χ1) is 11.0. The highest BCUT2D eigenvalue weighted by molar-refractivity contribution is 7.86. The standard InChI is InChI=1S/C19H24O3S/c1-2-3-4-5-6-11-16-12-7-8-13-17(16)18-14-9-10-15-19(18)23(20,21)22/h7-10,12-15H,2-6,11H2,1H3,(H,20,21,22). The van der Waals surface area contributed by atoms with Gasteiger partial charge in [0.25, 0.3) is 10.1 Å². The molecule has 124 valence electrons. The Morgan fingerprint density at radius 3 is 2.13 bits per heavy atom. The van der Waals surface area contributed by atoms with E-state index < -0.39 is 10.1 Å². The zero-order valence-corrected chi connectivity index (χ0v) is 14.3. The van der Waals surface area contributed by atoms with E-state index in [-0.39, 0.29) is 4.90 Å². The van der Waals surface area contributed by atoms with Crippen LogP contribution < -0.4 is 0 Å². The van der Waals surface area contributed by atoms with Gasteiger partial charge in [0, 0.05) is 5.56 Å². The molecule has 2 rings (SSSR count). The van der Waals surface area contributed by atoms with Crippen LogP contribution in [-0.2, 0) is 16.5 Å². The lowest BCUT2D eigenvalue weighted by molar-refractivity contribution is 0.483. The molecule has 0 bridgehead atoms. The fourth-order valence-electron chi connectivity index (χ4n) is 2.83. The van der Waals surface area contributed by atoms with E-state index >= 15 is 0 Å². The van der Waals surface area contributed by atoms with Crippen molar-refractivity contribution in [2.75, 3.05) is 0 Å². The summed E-state index contributed by atoms with van der Waals surface area (Å²) in [4.78, 5) is -0.0292. The van der Waals surface area contributed by atoms with E-state index in [2.05, 4.69) is 6.92 Å². The Hall–Kier alpha value is -1.65. The van der Waals surface area contributed by atoms with Crippen LogP contribution in [0.1, 0.15) is 44.6 Å². The maximum absolute atomic E-state index is 11.6. The summed E-state index contributed by atoms with van der Waals surface area (Å²) in [5, 5.41) is 0. The Labute approximate surface area is 139 Å². The Bertz CT molecular complexity index is 736. The normalized spacial score (nSPS) is 11.6. The second kappa shape index (κ2) is 8.27. The lowest BCUT2D eigenvalue weighted by Gasteiger charge is -2.12. The zero-order valence-electron chi connectivity index (χ0n) is 13.5. The van der Waals surface area contributed by atoms with Crippen LogP contribution in [0, 0.1) is 0 Å². The van der Waals surface area contributed by atoms with Gasteiger partial charge in [0.15, 0.2) is 0 Å². The molecule has 0 aliphatic rings. The van der Waals surface area contributed by atoms with Crippen LogP contribution in [0.25, 0.3) is 11.1 Å². The summed E-state index contributed by atoms with van der Waals surface area (Å²) in [6.07, 6.45) is 6.90. The second-order valence-electron chi connectivity index (χ2n) is 5.79. The summed E-state index contributed by atoms with van der Waals surface area (Å²) in [5.41, 5.74) is 2.58. The zero-order chi connectivity index (χ0) is 16.7. The molecule has 0 atom stereocenters. The Kier molecular flexibility index (Phi) is 6.37. The molecule has 1 N–H and O–H groups in total. The molecule has 0 fully saturated rings. The number of hydrogen-bond acceptors (Lipinski definition) is 2. The van der Waals surface area contributed by atoms with Gasteiger partial charge in [0.05, 0.1) is 0 Å². The molecular formula is C19H24O3S. The summed E-state index contributed by atoms with van der Waals surface area (Å²) in [7, 11) is -4.23. The van der Waals surface area contributed by atoms with Gasteiger partial charge in [0.1, 0.15) is 4.90 Å². The summed E-state index contributed by atoms with van der Waals surface area (Å²) in [6, 6.07) is 14.4. The largest absolute Gasteiger partial charge is 0.295 e. The molecule has 2 aromatic carbocycles. The first kappa shape index (κ1) is 17.7. The van der Waals surface area contributed by atoms with Gasteiger partial charge in [-0.2, -0.15) is 8.42 Å². The van der Waals surface area contributed by atoms with Crippen molar-refractivity contribution in [3.63, 3.8) is 0 Å². The van der Waals surface area contributed by atoms with Crippen LogP contribution in [0.5, 0.6) is 0 Å². The van der Waals surface area contributed by atoms with Crippen molar-refractivity contribution in [3.8, 4) is 11.1 Å². The summed E-state index contributed by atoms with van der Waals surface area (Å²) >= 11 is 0. The fraction of sp³-hybridized carbons (Fsp3) is 0.368. The first-order valence-electron chi connectivity index (χ1n) is 8.19. The third-order valence-corrected chi connectivity index (χ3v) is 4.93. The lowest BCUT2D eigenvalue weighted by Crippen LogP contribution is -2.02. The van der Waals surface area contributed by atoms with Gasteiger partial charge in [-0.15, -0.1) is 0 Å². The van der Waals surface area contributed by atoms with Crippen molar-refractivity contribution in [2.24, 2.45) is 0 Å². The highest BCUT2D eigenvalue weighted by Gasteiger charge is 2.17. The molecule has 2 aromatic rings.